The van der Waals surface area contributed by atoms with Crippen molar-refractivity contribution < 1.29 is 0 Å². The van der Waals surface area contributed by atoms with E-state index in [-0.39, 0.29) is 0 Å². The SMILES string of the molecule is NCCCN(c1ccccc1)c1ccccc1N. The van der Waals surface area contributed by atoms with Gasteiger partial charge in [0.05, 0.1) is 11.4 Å². The predicted molar refractivity (Wildman–Crippen MR) is 78.0 cm³/mol. The van der Waals surface area contributed by atoms with Crippen molar-refractivity contribution in [2.45, 2.75) is 6.42 Å². The van der Waals surface area contributed by atoms with Crippen molar-refractivity contribution in [3.63, 3.8) is 0 Å². The molecular weight excluding hydrogens is 222 g/mol. The predicted octanol–water partition coefficient (Wildman–Crippen LogP) is 2.76. The van der Waals surface area contributed by atoms with Crippen LogP contribution in [0.25, 0.3) is 0 Å². The summed E-state index contributed by atoms with van der Waals surface area (Å²) in [5, 5.41) is 0. The van der Waals surface area contributed by atoms with Crippen LogP contribution in [0.1, 0.15) is 6.42 Å². The van der Waals surface area contributed by atoms with Crippen molar-refractivity contribution >= 4 is 17.1 Å². The topological polar surface area (TPSA) is 55.3 Å². The summed E-state index contributed by atoms with van der Waals surface area (Å²) in [5.74, 6) is 0. The summed E-state index contributed by atoms with van der Waals surface area (Å²) in [6.45, 7) is 1.55. The molecule has 3 heteroatoms. The molecule has 94 valence electrons. The molecule has 0 aliphatic heterocycles. The molecular formula is C15H19N3. The summed E-state index contributed by atoms with van der Waals surface area (Å²) in [4.78, 5) is 2.21. The molecule has 0 saturated carbocycles. The molecule has 0 amide bonds. The van der Waals surface area contributed by atoms with Crippen LogP contribution in [-0.2, 0) is 0 Å². The minimum absolute atomic E-state index is 0.677. The van der Waals surface area contributed by atoms with Crippen LogP contribution in [0.4, 0.5) is 17.1 Å². The van der Waals surface area contributed by atoms with Gasteiger partial charge in [0.2, 0.25) is 0 Å². The second-order valence-corrected chi connectivity index (χ2v) is 4.19. The first-order valence-corrected chi connectivity index (χ1v) is 6.20. The Labute approximate surface area is 108 Å². The number of benzene rings is 2. The van der Waals surface area contributed by atoms with Gasteiger partial charge in [0, 0.05) is 12.2 Å². The van der Waals surface area contributed by atoms with Crippen molar-refractivity contribution in [1.29, 1.82) is 0 Å². The van der Waals surface area contributed by atoms with Gasteiger partial charge in [0.15, 0.2) is 0 Å². The lowest BCUT2D eigenvalue weighted by Gasteiger charge is -2.26. The van der Waals surface area contributed by atoms with E-state index >= 15 is 0 Å². The van der Waals surface area contributed by atoms with E-state index in [1.807, 2.05) is 42.5 Å². The molecule has 18 heavy (non-hydrogen) atoms. The van der Waals surface area contributed by atoms with Crippen LogP contribution in [-0.4, -0.2) is 13.1 Å². The maximum absolute atomic E-state index is 6.06. The molecule has 2 rings (SSSR count). The van der Waals surface area contributed by atoms with Crippen LogP contribution in [0.5, 0.6) is 0 Å². The fraction of sp³-hybridized carbons (Fsp3) is 0.200. The number of para-hydroxylation sites is 3. The zero-order valence-electron chi connectivity index (χ0n) is 10.4. The van der Waals surface area contributed by atoms with Crippen LogP contribution < -0.4 is 16.4 Å². The summed E-state index contributed by atoms with van der Waals surface area (Å²) in [6, 6.07) is 18.2. The molecule has 0 aromatic heterocycles. The highest BCUT2D eigenvalue weighted by molar-refractivity contribution is 5.74. The Hall–Kier alpha value is -2.00. The maximum Gasteiger partial charge on any atom is 0.0644 e. The lowest BCUT2D eigenvalue weighted by molar-refractivity contribution is 0.818. The molecule has 2 aromatic rings. The molecule has 0 spiro atoms. The minimum atomic E-state index is 0.677. The van der Waals surface area contributed by atoms with Crippen LogP contribution in [0.3, 0.4) is 0 Å². The van der Waals surface area contributed by atoms with Crippen LogP contribution in [0.15, 0.2) is 54.6 Å². The molecule has 0 bridgehead atoms. The Balaban J connectivity index is 2.34. The fourth-order valence-electron chi connectivity index (χ4n) is 1.98. The second-order valence-electron chi connectivity index (χ2n) is 4.19. The summed E-state index contributed by atoms with van der Waals surface area (Å²) in [7, 11) is 0. The van der Waals surface area contributed by atoms with E-state index in [4.69, 9.17) is 11.5 Å². The molecule has 4 N–H and O–H groups in total. The largest absolute Gasteiger partial charge is 0.397 e. The maximum atomic E-state index is 6.06. The first kappa shape index (κ1) is 12.5. The van der Waals surface area contributed by atoms with Gasteiger partial charge in [0.25, 0.3) is 0 Å². The monoisotopic (exact) mass is 241 g/mol. The third kappa shape index (κ3) is 2.81. The van der Waals surface area contributed by atoms with Crippen LogP contribution in [0.2, 0.25) is 0 Å². The molecule has 0 aliphatic rings. The van der Waals surface area contributed by atoms with Gasteiger partial charge in [-0.1, -0.05) is 30.3 Å². The highest BCUT2D eigenvalue weighted by Crippen LogP contribution is 2.29. The van der Waals surface area contributed by atoms with E-state index in [9.17, 15) is 0 Å². The van der Waals surface area contributed by atoms with Gasteiger partial charge in [-0.15, -0.1) is 0 Å². The highest BCUT2D eigenvalue weighted by atomic mass is 15.1. The van der Waals surface area contributed by atoms with E-state index in [0.717, 1.165) is 30.0 Å². The van der Waals surface area contributed by atoms with Gasteiger partial charge < -0.3 is 16.4 Å². The second kappa shape index (κ2) is 6.07. The van der Waals surface area contributed by atoms with Crippen molar-refractivity contribution in [2.24, 2.45) is 5.73 Å². The fourth-order valence-corrected chi connectivity index (χ4v) is 1.98. The first-order valence-electron chi connectivity index (χ1n) is 6.20. The zero-order chi connectivity index (χ0) is 12.8. The van der Waals surface area contributed by atoms with Crippen molar-refractivity contribution in [3.8, 4) is 0 Å². The van der Waals surface area contributed by atoms with Crippen molar-refractivity contribution in [3.05, 3.63) is 54.6 Å². The third-order valence-corrected chi connectivity index (χ3v) is 2.88. The molecule has 0 heterocycles. The Morgan fingerprint density at radius 3 is 2.22 bits per heavy atom. The summed E-state index contributed by atoms with van der Waals surface area (Å²) in [6.07, 6.45) is 0.934. The summed E-state index contributed by atoms with van der Waals surface area (Å²) in [5.41, 5.74) is 14.6. The zero-order valence-corrected chi connectivity index (χ0v) is 10.4. The van der Waals surface area contributed by atoms with Gasteiger partial charge in [-0.05, 0) is 37.2 Å². The first-order chi connectivity index (χ1) is 8.83. The smallest absolute Gasteiger partial charge is 0.0644 e. The summed E-state index contributed by atoms with van der Waals surface area (Å²) >= 11 is 0. The van der Waals surface area contributed by atoms with E-state index < -0.39 is 0 Å². The highest BCUT2D eigenvalue weighted by Gasteiger charge is 2.10. The molecule has 2 aromatic carbocycles. The molecule has 0 radical (unpaired) electrons. The van der Waals surface area contributed by atoms with E-state index in [2.05, 4.69) is 17.0 Å². The molecule has 0 saturated heterocycles. The number of anilines is 3. The number of nitrogen functional groups attached to an aromatic ring is 1. The van der Waals surface area contributed by atoms with Crippen molar-refractivity contribution in [1.82, 2.24) is 0 Å². The van der Waals surface area contributed by atoms with Gasteiger partial charge >= 0.3 is 0 Å². The third-order valence-electron chi connectivity index (χ3n) is 2.88. The van der Waals surface area contributed by atoms with E-state index in [1.165, 1.54) is 0 Å². The Kier molecular flexibility index (Phi) is 4.20. The number of rotatable bonds is 5. The number of nitrogens with zero attached hydrogens (tertiary/aromatic N) is 1. The van der Waals surface area contributed by atoms with Gasteiger partial charge in [-0.3, -0.25) is 0 Å². The minimum Gasteiger partial charge on any atom is -0.397 e. The molecule has 0 unspecified atom stereocenters. The average molecular weight is 241 g/mol. The Bertz CT molecular complexity index is 482. The standard InChI is InChI=1S/C15H19N3/c16-11-6-12-18(13-7-2-1-3-8-13)15-10-5-4-9-14(15)17/h1-5,7-10H,6,11-12,16-17H2. The lowest BCUT2D eigenvalue weighted by Crippen LogP contribution is -2.21. The molecule has 3 nitrogen and oxygen atoms in total. The van der Waals surface area contributed by atoms with Gasteiger partial charge in [-0.2, -0.15) is 0 Å². The molecule has 0 fully saturated rings. The van der Waals surface area contributed by atoms with Crippen LogP contribution in [0, 0.1) is 0 Å². The van der Waals surface area contributed by atoms with Crippen LogP contribution >= 0.6 is 0 Å². The quantitative estimate of drug-likeness (QED) is 0.791. The summed E-state index contributed by atoms with van der Waals surface area (Å²) < 4.78 is 0. The Morgan fingerprint density at radius 1 is 0.889 bits per heavy atom. The lowest BCUT2D eigenvalue weighted by atomic mass is 10.2. The average Bonchev–Trinajstić information content (AvgIpc) is 2.42. The normalized spacial score (nSPS) is 10.3. The number of nitrogens with two attached hydrogens (primary N) is 2. The number of hydrogen-bond acceptors (Lipinski definition) is 3. The van der Waals surface area contributed by atoms with Gasteiger partial charge in [-0.25, -0.2) is 0 Å². The molecule has 0 atom stereocenters. The van der Waals surface area contributed by atoms with Gasteiger partial charge in [0.1, 0.15) is 0 Å². The molecule has 0 aliphatic carbocycles. The van der Waals surface area contributed by atoms with E-state index in [1.54, 1.807) is 0 Å². The number of hydrogen-bond donors (Lipinski definition) is 2. The van der Waals surface area contributed by atoms with E-state index in [0.29, 0.717) is 6.54 Å². The van der Waals surface area contributed by atoms with Crippen molar-refractivity contribution in [2.75, 3.05) is 23.7 Å². The Morgan fingerprint density at radius 2 is 1.56 bits per heavy atom.